The third-order valence-electron chi connectivity index (χ3n) is 10.4. The second kappa shape index (κ2) is 12.1. The average molecular weight is 691 g/mol. The molecule has 0 aliphatic heterocycles. The molecule has 0 saturated heterocycles. The maximum atomic E-state index is 5.13. The Labute approximate surface area is 310 Å². The number of hydrogen-bond donors (Lipinski definition) is 0. The quantitative estimate of drug-likeness (QED) is 0.180. The summed E-state index contributed by atoms with van der Waals surface area (Å²) in [5.74, 6) is 1.89. The molecule has 7 aromatic carbocycles. The van der Waals surface area contributed by atoms with E-state index in [2.05, 4.69) is 149 Å². The molecular weight excluding hydrogens is 661 g/mol. The largest absolute Gasteiger partial charge is 0.309 e. The van der Waals surface area contributed by atoms with Crippen LogP contribution < -0.4 is 0 Å². The second-order valence-corrected chi connectivity index (χ2v) is 13.6. The van der Waals surface area contributed by atoms with E-state index in [4.69, 9.17) is 19.9 Å². The van der Waals surface area contributed by atoms with Gasteiger partial charge in [-0.25, -0.2) is 19.9 Å². The summed E-state index contributed by atoms with van der Waals surface area (Å²) in [5.41, 5.74) is 9.16. The van der Waals surface area contributed by atoms with Crippen LogP contribution in [0.5, 0.6) is 0 Å². The maximum Gasteiger partial charge on any atom is 0.164 e. The Morgan fingerprint density at radius 2 is 0.926 bits per heavy atom. The molecule has 0 aliphatic carbocycles. The minimum absolute atomic E-state index is 0.621. The maximum absolute atomic E-state index is 5.13. The number of nitrogens with zero attached hydrogens (tertiary/aromatic N) is 6. The van der Waals surface area contributed by atoms with E-state index in [1.165, 1.54) is 10.8 Å². The first-order chi connectivity index (χ1) is 26.8. The number of hydrogen-bond acceptors (Lipinski definition) is 4. The van der Waals surface area contributed by atoms with Crippen LogP contribution in [0.2, 0.25) is 0 Å². The first kappa shape index (κ1) is 30.2. The zero-order valence-corrected chi connectivity index (χ0v) is 29.0. The fourth-order valence-electron chi connectivity index (χ4n) is 7.88. The Bertz CT molecular complexity index is 3160. The SMILES string of the molecule is c1ccc(-c2nc(-c3ccc4ccccc4c3)nc(-c3ccc4c5ccc(-n6c7ccccc7c7cccnc76)cc5n(-c5ccccc5)c4c3)n2)cc1. The van der Waals surface area contributed by atoms with Gasteiger partial charge in [-0.1, -0.05) is 121 Å². The van der Waals surface area contributed by atoms with Crippen molar-refractivity contribution in [3.8, 4) is 45.5 Å². The summed E-state index contributed by atoms with van der Waals surface area (Å²) in [4.78, 5) is 20.1. The fourth-order valence-corrected chi connectivity index (χ4v) is 7.88. The molecule has 11 rings (SSSR count). The van der Waals surface area contributed by atoms with Crippen LogP contribution in [0.4, 0.5) is 0 Å². The number of pyridine rings is 1. The zero-order valence-electron chi connectivity index (χ0n) is 29.0. The summed E-state index contributed by atoms with van der Waals surface area (Å²) in [6.45, 7) is 0. The van der Waals surface area contributed by atoms with Crippen LogP contribution in [0.3, 0.4) is 0 Å². The summed E-state index contributed by atoms with van der Waals surface area (Å²) in [6.07, 6.45) is 1.87. The molecule has 4 heterocycles. The number of fused-ring (bicyclic) bond motifs is 7. The molecule has 54 heavy (non-hydrogen) atoms. The molecule has 6 heteroatoms. The second-order valence-electron chi connectivity index (χ2n) is 13.6. The molecule has 0 saturated carbocycles. The summed E-state index contributed by atoms with van der Waals surface area (Å²) < 4.78 is 4.62. The molecule has 6 nitrogen and oxygen atoms in total. The van der Waals surface area contributed by atoms with Crippen molar-refractivity contribution in [2.75, 3.05) is 0 Å². The van der Waals surface area contributed by atoms with E-state index < -0.39 is 0 Å². The van der Waals surface area contributed by atoms with Crippen molar-refractivity contribution in [3.63, 3.8) is 0 Å². The minimum Gasteiger partial charge on any atom is -0.309 e. The van der Waals surface area contributed by atoms with Crippen molar-refractivity contribution < 1.29 is 0 Å². The molecule has 0 radical (unpaired) electrons. The van der Waals surface area contributed by atoms with Gasteiger partial charge >= 0.3 is 0 Å². The number of rotatable bonds is 5. The highest BCUT2D eigenvalue weighted by molar-refractivity contribution is 6.12. The average Bonchev–Trinajstić information content (AvgIpc) is 3.76. The van der Waals surface area contributed by atoms with Crippen LogP contribution in [-0.2, 0) is 0 Å². The minimum atomic E-state index is 0.621. The number of benzene rings is 7. The summed E-state index contributed by atoms with van der Waals surface area (Å²) in [6, 6.07) is 61.4. The summed E-state index contributed by atoms with van der Waals surface area (Å²) in [5, 5.41) is 6.95. The third kappa shape index (κ3) is 4.81. The molecule has 0 fully saturated rings. The molecule has 0 bridgehead atoms. The highest BCUT2D eigenvalue weighted by Crippen LogP contribution is 2.38. The van der Waals surface area contributed by atoms with E-state index in [0.29, 0.717) is 17.5 Å². The molecule has 0 atom stereocenters. The molecular formula is C48H30N6. The van der Waals surface area contributed by atoms with Gasteiger partial charge in [0.25, 0.3) is 0 Å². The Kier molecular flexibility index (Phi) is 6.75. The van der Waals surface area contributed by atoms with Gasteiger partial charge in [-0.15, -0.1) is 0 Å². The highest BCUT2D eigenvalue weighted by atomic mass is 15.1. The first-order valence-electron chi connectivity index (χ1n) is 18.1. The van der Waals surface area contributed by atoms with E-state index in [9.17, 15) is 0 Å². The normalized spacial score (nSPS) is 11.7. The van der Waals surface area contributed by atoms with E-state index in [-0.39, 0.29) is 0 Å². The van der Waals surface area contributed by atoms with Crippen LogP contribution in [0, 0.1) is 0 Å². The van der Waals surface area contributed by atoms with Gasteiger partial charge in [0.05, 0.1) is 16.6 Å². The Balaban J connectivity index is 1.14. The monoisotopic (exact) mass is 690 g/mol. The van der Waals surface area contributed by atoms with Gasteiger partial charge in [-0.05, 0) is 65.4 Å². The van der Waals surface area contributed by atoms with Crippen LogP contribution >= 0.6 is 0 Å². The Morgan fingerprint density at radius 1 is 0.333 bits per heavy atom. The van der Waals surface area contributed by atoms with Gasteiger partial charge in [0.1, 0.15) is 5.65 Å². The first-order valence-corrected chi connectivity index (χ1v) is 18.1. The lowest BCUT2D eigenvalue weighted by Gasteiger charge is -2.11. The molecule has 0 spiro atoms. The van der Waals surface area contributed by atoms with Crippen molar-refractivity contribution in [3.05, 3.63) is 182 Å². The van der Waals surface area contributed by atoms with Crippen molar-refractivity contribution in [1.29, 1.82) is 0 Å². The van der Waals surface area contributed by atoms with E-state index in [1.807, 2.05) is 42.6 Å². The standard InChI is InChI=1S/C48H30N6/c1-3-13-32(14-4-1)45-50-46(34-22-21-31-12-7-8-15-33(31)28-34)52-47(51-45)35-23-25-39-40-26-24-37(30-44(40)53(43(39)29-35)36-16-5-2-6-17-36)54-42-20-10-9-18-38(42)41-19-11-27-49-48(41)54/h1-30H. The van der Waals surface area contributed by atoms with Crippen LogP contribution in [0.15, 0.2) is 182 Å². The number of para-hydroxylation sites is 2. The van der Waals surface area contributed by atoms with Gasteiger partial charge in [0, 0.05) is 55.8 Å². The van der Waals surface area contributed by atoms with Gasteiger partial charge in [0.15, 0.2) is 17.5 Å². The highest BCUT2D eigenvalue weighted by Gasteiger charge is 2.19. The van der Waals surface area contributed by atoms with Gasteiger partial charge in [-0.2, -0.15) is 0 Å². The fraction of sp³-hybridized carbons (Fsp3) is 0. The predicted octanol–water partition coefficient (Wildman–Crippen LogP) is 11.6. The van der Waals surface area contributed by atoms with Gasteiger partial charge < -0.3 is 4.57 Å². The van der Waals surface area contributed by atoms with Crippen molar-refractivity contribution in [1.82, 2.24) is 29.1 Å². The Hall–Kier alpha value is -7.44. The van der Waals surface area contributed by atoms with Crippen LogP contribution in [-0.4, -0.2) is 29.1 Å². The zero-order chi connectivity index (χ0) is 35.6. The topological polar surface area (TPSA) is 61.4 Å². The molecule has 252 valence electrons. The lowest BCUT2D eigenvalue weighted by Crippen LogP contribution is -2.00. The van der Waals surface area contributed by atoms with Crippen LogP contribution in [0.1, 0.15) is 0 Å². The molecule has 0 amide bonds. The smallest absolute Gasteiger partial charge is 0.164 e. The number of aromatic nitrogens is 6. The van der Waals surface area contributed by atoms with Gasteiger partial charge in [-0.3, -0.25) is 4.57 Å². The van der Waals surface area contributed by atoms with E-state index in [1.54, 1.807) is 0 Å². The van der Waals surface area contributed by atoms with Crippen LogP contribution in [0.25, 0.3) is 100 Å². The van der Waals surface area contributed by atoms with E-state index in [0.717, 1.165) is 71.8 Å². The van der Waals surface area contributed by atoms with Gasteiger partial charge in [0.2, 0.25) is 0 Å². The Morgan fingerprint density at radius 3 is 1.74 bits per heavy atom. The van der Waals surface area contributed by atoms with Crippen molar-refractivity contribution >= 4 is 54.5 Å². The molecule has 0 N–H and O–H groups in total. The lowest BCUT2D eigenvalue weighted by atomic mass is 10.1. The summed E-state index contributed by atoms with van der Waals surface area (Å²) >= 11 is 0. The lowest BCUT2D eigenvalue weighted by molar-refractivity contribution is 1.07. The molecule has 11 aromatic rings. The third-order valence-corrected chi connectivity index (χ3v) is 10.4. The predicted molar refractivity (Wildman–Crippen MR) is 220 cm³/mol. The van der Waals surface area contributed by atoms with E-state index >= 15 is 0 Å². The van der Waals surface area contributed by atoms with Crippen molar-refractivity contribution in [2.45, 2.75) is 0 Å². The van der Waals surface area contributed by atoms with Crippen molar-refractivity contribution in [2.24, 2.45) is 0 Å². The molecule has 0 unspecified atom stereocenters. The molecule has 4 aromatic heterocycles. The molecule has 0 aliphatic rings. The summed E-state index contributed by atoms with van der Waals surface area (Å²) in [7, 11) is 0.